The highest BCUT2D eigenvalue weighted by atomic mass is 35.5. The Bertz CT molecular complexity index is 851. The number of amides is 1. The first-order chi connectivity index (χ1) is 12.1. The molecule has 1 N–H and O–H groups in total. The van der Waals surface area contributed by atoms with Crippen LogP contribution in [-0.2, 0) is 11.3 Å². The van der Waals surface area contributed by atoms with Gasteiger partial charge in [-0.25, -0.2) is 0 Å². The van der Waals surface area contributed by atoms with Crippen molar-refractivity contribution in [3.8, 4) is 11.4 Å². The van der Waals surface area contributed by atoms with Gasteiger partial charge in [-0.2, -0.15) is 4.98 Å². The molecule has 0 aliphatic carbocycles. The van der Waals surface area contributed by atoms with Crippen LogP contribution in [0.5, 0.6) is 0 Å². The van der Waals surface area contributed by atoms with Gasteiger partial charge in [0.2, 0.25) is 17.6 Å². The van der Waals surface area contributed by atoms with Gasteiger partial charge in [-0.05, 0) is 19.2 Å². The van der Waals surface area contributed by atoms with Crippen LogP contribution in [0.4, 0.5) is 5.69 Å². The number of nitrogens with one attached hydrogen (secondary N) is 1. The van der Waals surface area contributed by atoms with Crippen LogP contribution in [0.2, 0.25) is 5.02 Å². The van der Waals surface area contributed by atoms with E-state index in [0.717, 1.165) is 5.56 Å². The van der Waals surface area contributed by atoms with Gasteiger partial charge in [0, 0.05) is 5.56 Å². The van der Waals surface area contributed by atoms with Gasteiger partial charge in [-0.15, -0.1) is 0 Å². The topological polar surface area (TPSA) is 71.3 Å². The van der Waals surface area contributed by atoms with Gasteiger partial charge in [0.15, 0.2) is 0 Å². The number of halogens is 1. The van der Waals surface area contributed by atoms with Crippen LogP contribution in [0.25, 0.3) is 11.4 Å². The summed E-state index contributed by atoms with van der Waals surface area (Å²) >= 11 is 6.03. The predicted octanol–water partition coefficient (Wildman–Crippen LogP) is 3.46. The molecular weight excluding hydrogens is 340 g/mol. The van der Waals surface area contributed by atoms with E-state index in [1.165, 1.54) is 0 Å². The molecule has 0 aliphatic heterocycles. The van der Waals surface area contributed by atoms with Gasteiger partial charge in [0.1, 0.15) is 0 Å². The molecule has 0 aliphatic rings. The molecule has 1 aromatic heterocycles. The van der Waals surface area contributed by atoms with Crippen LogP contribution >= 0.6 is 11.6 Å². The fourth-order valence-electron chi connectivity index (χ4n) is 2.31. The number of aromatic nitrogens is 2. The number of hydrogen-bond acceptors (Lipinski definition) is 5. The molecule has 0 fully saturated rings. The Morgan fingerprint density at radius 3 is 2.64 bits per heavy atom. The van der Waals surface area contributed by atoms with Crippen molar-refractivity contribution in [1.82, 2.24) is 15.0 Å². The zero-order valence-corrected chi connectivity index (χ0v) is 14.4. The zero-order valence-electron chi connectivity index (χ0n) is 13.6. The fraction of sp³-hybridized carbons (Fsp3) is 0.167. The minimum Gasteiger partial charge on any atom is -0.338 e. The maximum absolute atomic E-state index is 12.1. The zero-order chi connectivity index (χ0) is 17.6. The van der Waals surface area contributed by atoms with E-state index >= 15 is 0 Å². The third-order valence-electron chi connectivity index (χ3n) is 3.47. The summed E-state index contributed by atoms with van der Waals surface area (Å²) in [6.07, 6.45) is 0. The largest absolute Gasteiger partial charge is 0.338 e. The minimum atomic E-state index is -0.168. The van der Waals surface area contributed by atoms with Crippen molar-refractivity contribution in [2.24, 2.45) is 0 Å². The number of rotatable bonds is 6. The molecular formula is C18H17ClN4O2. The van der Waals surface area contributed by atoms with Gasteiger partial charge in [0.25, 0.3) is 0 Å². The number of anilines is 1. The van der Waals surface area contributed by atoms with Crippen LogP contribution in [0.15, 0.2) is 59.1 Å². The second kappa shape index (κ2) is 7.92. The van der Waals surface area contributed by atoms with Crippen molar-refractivity contribution < 1.29 is 9.32 Å². The third kappa shape index (κ3) is 4.65. The molecule has 3 rings (SSSR count). The summed E-state index contributed by atoms with van der Waals surface area (Å²) in [5.41, 5.74) is 1.48. The molecule has 0 radical (unpaired) electrons. The second-order valence-electron chi connectivity index (χ2n) is 5.58. The minimum absolute atomic E-state index is 0.168. The molecule has 0 bridgehead atoms. The predicted molar refractivity (Wildman–Crippen MR) is 96.1 cm³/mol. The summed E-state index contributed by atoms with van der Waals surface area (Å²) < 4.78 is 5.25. The third-order valence-corrected chi connectivity index (χ3v) is 3.80. The average Bonchev–Trinajstić information content (AvgIpc) is 3.06. The highest BCUT2D eigenvalue weighted by molar-refractivity contribution is 6.33. The molecule has 0 atom stereocenters. The van der Waals surface area contributed by atoms with Crippen molar-refractivity contribution in [3.63, 3.8) is 0 Å². The number of nitrogens with zero attached hydrogens (tertiary/aromatic N) is 3. The first-order valence-electron chi connectivity index (χ1n) is 7.73. The highest BCUT2D eigenvalue weighted by Crippen LogP contribution is 2.20. The van der Waals surface area contributed by atoms with Crippen LogP contribution in [0.1, 0.15) is 5.89 Å². The smallest absolute Gasteiger partial charge is 0.241 e. The lowest BCUT2D eigenvalue weighted by Crippen LogP contribution is -2.30. The molecule has 3 aromatic rings. The summed E-state index contributed by atoms with van der Waals surface area (Å²) in [5, 5.41) is 7.25. The van der Waals surface area contributed by atoms with E-state index in [-0.39, 0.29) is 12.5 Å². The molecule has 128 valence electrons. The summed E-state index contributed by atoms with van der Waals surface area (Å²) in [6.45, 7) is 0.546. The molecule has 1 heterocycles. The maximum Gasteiger partial charge on any atom is 0.241 e. The van der Waals surface area contributed by atoms with E-state index in [9.17, 15) is 4.79 Å². The first-order valence-corrected chi connectivity index (χ1v) is 8.10. The number of para-hydroxylation sites is 1. The van der Waals surface area contributed by atoms with Crippen molar-refractivity contribution in [2.75, 3.05) is 18.9 Å². The van der Waals surface area contributed by atoms with Gasteiger partial charge >= 0.3 is 0 Å². The summed E-state index contributed by atoms with van der Waals surface area (Å²) in [4.78, 5) is 18.3. The van der Waals surface area contributed by atoms with E-state index in [2.05, 4.69) is 15.5 Å². The van der Waals surface area contributed by atoms with Gasteiger partial charge < -0.3 is 9.84 Å². The van der Waals surface area contributed by atoms with Gasteiger partial charge in [0.05, 0.1) is 23.8 Å². The second-order valence-corrected chi connectivity index (χ2v) is 5.99. The number of likely N-dealkylation sites (N-methyl/N-ethyl adjacent to an activating group) is 1. The van der Waals surface area contributed by atoms with Gasteiger partial charge in [-0.3, -0.25) is 9.69 Å². The lowest BCUT2D eigenvalue weighted by Gasteiger charge is -2.14. The Balaban J connectivity index is 1.56. The molecule has 0 saturated carbocycles. The Morgan fingerprint density at radius 1 is 1.16 bits per heavy atom. The van der Waals surface area contributed by atoms with Crippen LogP contribution in [0.3, 0.4) is 0 Å². The standard InChI is InChI=1S/C18H17ClN4O2/c1-23(11-16(24)20-15-10-6-5-9-14(15)19)12-17-21-18(22-25-17)13-7-3-2-4-8-13/h2-10H,11-12H2,1H3,(H,20,24). The maximum atomic E-state index is 12.1. The number of hydrogen-bond donors (Lipinski definition) is 1. The van der Waals surface area contributed by atoms with Gasteiger partial charge in [-0.1, -0.05) is 59.2 Å². The fourth-order valence-corrected chi connectivity index (χ4v) is 2.49. The molecule has 0 saturated heterocycles. The van der Waals surface area contributed by atoms with Crippen molar-refractivity contribution in [2.45, 2.75) is 6.54 Å². The van der Waals surface area contributed by atoms with E-state index in [1.54, 1.807) is 24.1 Å². The number of carbonyl (C=O) groups excluding carboxylic acids is 1. The number of benzene rings is 2. The molecule has 0 spiro atoms. The van der Waals surface area contributed by atoms with E-state index in [1.807, 2.05) is 42.5 Å². The lowest BCUT2D eigenvalue weighted by molar-refractivity contribution is -0.117. The average molecular weight is 357 g/mol. The number of carbonyl (C=O) groups is 1. The van der Waals surface area contributed by atoms with Crippen molar-refractivity contribution in [1.29, 1.82) is 0 Å². The summed E-state index contributed by atoms with van der Waals surface area (Å²) in [6, 6.07) is 16.7. The van der Waals surface area contributed by atoms with E-state index in [0.29, 0.717) is 29.0 Å². The molecule has 6 nitrogen and oxygen atoms in total. The normalized spacial score (nSPS) is 10.8. The van der Waals surface area contributed by atoms with E-state index in [4.69, 9.17) is 16.1 Å². The Labute approximate surface area is 150 Å². The lowest BCUT2D eigenvalue weighted by atomic mass is 10.2. The van der Waals surface area contributed by atoms with Crippen molar-refractivity contribution >= 4 is 23.2 Å². The quantitative estimate of drug-likeness (QED) is 0.732. The molecule has 0 unspecified atom stereocenters. The van der Waals surface area contributed by atoms with E-state index < -0.39 is 0 Å². The Morgan fingerprint density at radius 2 is 1.88 bits per heavy atom. The molecule has 25 heavy (non-hydrogen) atoms. The van der Waals surface area contributed by atoms with Crippen LogP contribution < -0.4 is 5.32 Å². The highest BCUT2D eigenvalue weighted by Gasteiger charge is 2.13. The van der Waals surface area contributed by atoms with Crippen molar-refractivity contribution in [3.05, 3.63) is 65.5 Å². The monoisotopic (exact) mass is 356 g/mol. The molecule has 2 aromatic carbocycles. The van der Waals surface area contributed by atoms with Crippen LogP contribution in [-0.4, -0.2) is 34.5 Å². The summed E-state index contributed by atoms with van der Waals surface area (Å²) in [7, 11) is 1.80. The van der Waals surface area contributed by atoms with Crippen LogP contribution in [0, 0.1) is 0 Å². The first kappa shape index (κ1) is 17.1. The summed E-state index contributed by atoms with van der Waals surface area (Å²) in [5.74, 6) is 0.815. The molecule has 7 heteroatoms. The molecule has 1 amide bonds. The Hall–Kier alpha value is -2.70. The SMILES string of the molecule is CN(CC(=O)Nc1ccccc1Cl)Cc1nc(-c2ccccc2)no1. The Kier molecular flexibility index (Phi) is 5.42.